The fraction of sp³-hybridized carbons (Fsp3) is 0.167. The van der Waals surface area contributed by atoms with Gasteiger partial charge in [0.05, 0.1) is 20.6 Å². The number of aromatic nitrogens is 4. The van der Waals surface area contributed by atoms with E-state index in [0.29, 0.717) is 22.4 Å². The zero-order valence-corrected chi connectivity index (χ0v) is 47.1. The number of nitrogens with one attached hydrogen (secondary N) is 6. The molecule has 0 spiro atoms. The minimum atomic E-state index is -0.346. The predicted octanol–water partition coefficient (Wildman–Crippen LogP) is 15.5. The monoisotopic (exact) mass is 1120 g/mol. The van der Waals surface area contributed by atoms with E-state index >= 15 is 0 Å². The molecule has 0 saturated heterocycles. The fourth-order valence-corrected chi connectivity index (χ4v) is 10.2. The highest BCUT2D eigenvalue weighted by molar-refractivity contribution is 6.31. The van der Waals surface area contributed by atoms with Gasteiger partial charge < -0.3 is 40.0 Å². The minimum Gasteiger partial charge on any atom is -0.469 e. The van der Waals surface area contributed by atoms with E-state index in [9.17, 15) is 14.4 Å². The standard InChI is InChI=1S/C18H17ClN2O.C18H19ClN2.C18H16ClNO2.C12H11NO2/c1-20-18(22)11-16(13-3-2-4-15(19)9-13)14-6-5-12-7-8-21-17(12)10-14;1-20-9-8-17(14-3-2-4-16(19)11-14)15-6-5-13-7-10-21-18(13)12-15;1-22-18(21)11-16(13-3-2-4-15(19)9-13)14-6-5-12-7-8-20-17(12)10-14;1-15-12(14)5-3-9-2-4-10-6-7-13-11(10)8-9/h2-10,16,21H,11H2,1H3,(H,20,22);2-7,10-12,17,20-21H,8-9H2,1H3;2-10,16,20H,11H2,1H3;2-8,13H,1H3/b;;;5-3+. The van der Waals surface area contributed by atoms with E-state index < -0.39 is 0 Å². The second-order valence-electron chi connectivity index (χ2n) is 19.0. The molecule has 1 amide bonds. The van der Waals surface area contributed by atoms with Gasteiger partial charge in [0.25, 0.3) is 0 Å². The number of hydrogen-bond donors (Lipinski definition) is 6. The highest BCUT2D eigenvalue weighted by atomic mass is 35.5. The Morgan fingerprint density at radius 3 is 1.29 bits per heavy atom. The van der Waals surface area contributed by atoms with Crippen LogP contribution in [-0.4, -0.2) is 72.6 Å². The van der Waals surface area contributed by atoms with Gasteiger partial charge in [-0.25, -0.2) is 4.79 Å². The van der Waals surface area contributed by atoms with E-state index in [2.05, 4.69) is 102 Å². The molecule has 3 atom stereocenters. The Bertz CT molecular complexity index is 3720. The molecule has 0 aliphatic heterocycles. The first kappa shape index (κ1) is 57.8. The number of aromatic amines is 4. The summed E-state index contributed by atoms with van der Waals surface area (Å²) in [5, 5.41) is 12.8. The molecule has 3 unspecified atom stereocenters. The Morgan fingerprint density at radius 2 is 0.875 bits per heavy atom. The van der Waals surface area contributed by atoms with Crippen molar-refractivity contribution >= 4 is 102 Å². The normalized spacial score (nSPS) is 12.1. The summed E-state index contributed by atoms with van der Waals surface area (Å²) < 4.78 is 9.36. The SMILES string of the molecule is CNC(=O)CC(c1cccc(Cl)c1)c1ccc2cc[nH]c2c1.CNCCC(c1cccc(Cl)c1)c1ccc2cc[nH]c2c1.COC(=O)/C=C/c1ccc2cc[nH]c2c1.COC(=O)CC(c1cccc(Cl)c1)c1ccc2cc[nH]c2c1. The van der Waals surface area contributed by atoms with Crippen LogP contribution in [0.3, 0.4) is 0 Å². The Hall–Kier alpha value is -8.32. The van der Waals surface area contributed by atoms with Crippen molar-refractivity contribution < 1.29 is 23.9 Å². The van der Waals surface area contributed by atoms with Gasteiger partial charge in [0.2, 0.25) is 5.91 Å². The molecular weight excluding hydrogens is 1060 g/mol. The molecule has 14 heteroatoms. The summed E-state index contributed by atoms with van der Waals surface area (Å²) in [6.45, 7) is 0.972. The van der Waals surface area contributed by atoms with Gasteiger partial charge in [0.15, 0.2) is 0 Å². The molecule has 80 heavy (non-hydrogen) atoms. The molecule has 0 fully saturated rings. The molecule has 0 bridgehead atoms. The van der Waals surface area contributed by atoms with Gasteiger partial charge in [-0.2, -0.15) is 0 Å². The van der Waals surface area contributed by atoms with Gasteiger partial charge in [-0.3, -0.25) is 9.59 Å². The number of hydrogen-bond acceptors (Lipinski definition) is 6. The van der Waals surface area contributed by atoms with Crippen molar-refractivity contribution in [3.05, 3.63) is 255 Å². The highest BCUT2D eigenvalue weighted by Gasteiger charge is 2.21. The molecule has 11 nitrogen and oxygen atoms in total. The lowest BCUT2D eigenvalue weighted by atomic mass is 9.88. The number of halogens is 3. The number of methoxy groups -OCH3 is 2. The van der Waals surface area contributed by atoms with Crippen LogP contribution in [-0.2, 0) is 23.9 Å². The lowest BCUT2D eigenvalue weighted by Crippen LogP contribution is -2.21. The van der Waals surface area contributed by atoms with Gasteiger partial charge >= 0.3 is 11.9 Å². The fourth-order valence-electron chi connectivity index (χ4n) is 9.63. The minimum absolute atomic E-state index is 0.0107. The largest absolute Gasteiger partial charge is 0.469 e. The van der Waals surface area contributed by atoms with E-state index in [-0.39, 0.29) is 36.1 Å². The van der Waals surface area contributed by atoms with E-state index in [1.54, 1.807) is 13.1 Å². The number of rotatable bonds is 15. The van der Waals surface area contributed by atoms with Crippen LogP contribution in [0.1, 0.15) is 76.0 Å². The smallest absolute Gasteiger partial charge is 0.330 e. The molecule has 0 aliphatic rings. The van der Waals surface area contributed by atoms with Crippen molar-refractivity contribution in [2.24, 2.45) is 0 Å². The van der Waals surface area contributed by atoms with Crippen LogP contribution in [0.5, 0.6) is 0 Å². The molecule has 6 N–H and O–H groups in total. The van der Waals surface area contributed by atoms with Crippen LogP contribution in [0.4, 0.5) is 0 Å². The van der Waals surface area contributed by atoms with E-state index in [0.717, 1.165) is 78.5 Å². The quantitative estimate of drug-likeness (QED) is 0.0443. The van der Waals surface area contributed by atoms with Crippen LogP contribution in [0, 0.1) is 0 Å². The average Bonchev–Trinajstić information content (AvgIpc) is 4.34. The second-order valence-corrected chi connectivity index (χ2v) is 20.3. The Morgan fingerprint density at radius 1 is 0.475 bits per heavy atom. The van der Waals surface area contributed by atoms with Gasteiger partial charge in [-0.1, -0.05) is 120 Å². The van der Waals surface area contributed by atoms with Gasteiger partial charge in [-0.05, 0) is 172 Å². The average molecular weight is 1130 g/mol. The zero-order chi connectivity index (χ0) is 56.4. The first-order valence-corrected chi connectivity index (χ1v) is 27.3. The van der Waals surface area contributed by atoms with Crippen LogP contribution in [0.2, 0.25) is 15.1 Å². The summed E-state index contributed by atoms with van der Waals surface area (Å²) in [6, 6.07) is 56.6. The molecule has 4 heterocycles. The summed E-state index contributed by atoms with van der Waals surface area (Å²) in [5.41, 5.74) is 12.1. The molecule has 4 aromatic heterocycles. The number of carbonyl (C=O) groups is 3. The summed E-state index contributed by atoms with van der Waals surface area (Å²) in [6.07, 6.45) is 12.5. The number of carbonyl (C=O) groups excluding carboxylic acids is 3. The van der Waals surface area contributed by atoms with E-state index in [4.69, 9.17) is 39.5 Å². The van der Waals surface area contributed by atoms with Crippen molar-refractivity contribution in [3.8, 4) is 0 Å². The van der Waals surface area contributed by atoms with Crippen molar-refractivity contribution in [1.82, 2.24) is 30.6 Å². The van der Waals surface area contributed by atoms with Crippen molar-refractivity contribution in [2.75, 3.05) is 34.9 Å². The molecule has 408 valence electrons. The highest BCUT2D eigenvalue weighted by Crippen LogP contribution is 2.34. The first-order chi connectivity index (χ1) is 38.9. The van der Waals surface area contributed by atoms with Gasteiger partial charge in [0.1, 0.15) is 0 Å². The summed E-state index contributed by atoms with van der Waals surface area (Å²) in [7, 11) is 6.42. The lowest BCUT2D eigenvalue weighted by molar-refractivity contribution is -0.141. The van der Waals surface area contributed by atoms with E-state index in [1.807, 2.05) is 135 Å². The van der Waals surface area contributed by atoms with Crippen molar-refractivity contribution in [3.63, 3.8) is 0 Å². The second kappa shape index (κ2) is 28.5. The number of fused-ring (bicyclic) bond motifs is 4. The van der Waals surface area contributed by atoms with Crippen molar-refractivity contribution in [1.29, 1.82) is 0 Å². The number of esters is 2. The van der Waals surface area contributed by atoms with Gasteiger partial charge in [-0.15, -0.1) is 0 Å². The third-order valence-electron chi connectivity index (χ3n) is 13.8. The van der Waals surface area contributed by atoms with Crippen LogP contribution in [0.25, 0.3) is 49.7 Å². The number of ether oxygens (including phenoxy) is 2. The summed E-state index contributed by atoms with van der Waals surface area (Å²) in [4.78, 5) is 47.4. The van der Waals surface area contributed by atoms with Crippen LogP contribution < -0.4 is 10.6 Å². The zero-order valence-electron chi connectivity index (χ0n) is 44.9. The molecule has 0 radical (unpaired) electrons. The third-order valence-corrected chi connectivity index (χ3v) is 14.5. The maximum absolute atomic E-state index is 11.9. The molecule has 7 aromatic carbocycles. The molecule has 0 aliphatic carbocycles. The Kier molecular flexibility index (Phi) is 20.6. The summed E-state index contributed by atoms with van der Waals surface area (Å²) >= 11 is 18.4. The van der Waals surface area contributed by atoms with Crippen LogP contribution >= 0.6 is 34.8 Å². The van der Waals surface area contributed by atoms with E-state index in [1.165, 1.54) is 42.3 Å². The molecule has 11 aromatic rings. The third kappa shape index (κ3) is 15.7. The van der Waals surface area contributed by atoms with Crippen molar-refractivity contribution in [2.45, 2.75) is 37.0 Å². The maximum atomic E-state index is 11.9. The molecule has 11 rings (SSSR count). The topological polar surface area (TPSA) is 157 Å². The Labute approximate surface area is 480 Å². The van der Waals surface area contributed by atoms with Gasteiger partial charge in [0, 0.05) is 99.2 Å². The first-order valence-electron chi connectivity index (χ1n) is 26.1. The number of amides is 1. The Balaban J connectivity index is 0.000000141. The number of H-pyrrole nitrogens is 4. The molecule has 0 saturated carbocycles. The summed E-state index contributed by atoms with van der Waals surface area (Å²) in [5.74, 6) is -0.330. The maximum Gasteiger partial charge on any atom is 0.330 e. The predicted molar refractivity (Wildman–Crippen MR) is 328 cm³/mol. The molecular formula is C66H63Cl3N6O5. The van der Waals surface area contributed by atoms with Crippen LogP contribution in [0.15, 0.2) is 201 Å². The lowest BCUT2D eigenvalue weighted by Gasteiger charge is -2.18. The number of benzene rings is 7.